The molecule has 1 amide bonds. The Bertz CT molecular complexity index is 1210. The van der Waals surface area contributed by atoms with Gasteiger partial charge in [-0.1, -0.05) is 24.3 Å². The van der Waals surface area contributed by atoms with Crippen LogP contribution in [0.25, 0.3) is 10.9 Å². The number of amides is 1. The number of nitrogens with one attached hydrogen (secondary N) is 2. The molecular formula is C24H29N3O4S. The van der Waals surface area contributed by atoms with Crippen molar-refractivity contribution in [1.29, 1.82) is 0 Å². The van der Waals surface area contributed by atoms with E-state index in [9.17, 15) is 13.2 Å². The Hall–Kier alpha value is -2.68. The van der Waals surface area contributed by atoms with Gasteiger partial charge < -0.3 is 14.6 Å². The smallest absolute Gasteiger partial charge is 0.254 e. The van der Waals surface area contributed by atoms with Crippen LogP contribution in [0.2, 0.25) is 0 Å². The number of fused-ring (bicyclic) bond motifs is 1. The maximum Gasteiger partial charge on any atom is 0.254 e. The molecule has 0 aliphatic carbocycles. The average Bonchev–Trinajstić information content (AvgIpc) is 3.23. The molecule has 0 spiro atoms. The number of H-pyrrole nitrogens is 1. The summed E-state index contributed by atoms with van der Waals surface area (Å²) >= 11 is 0. The van der Waals surface area contributed by atoms with E-state index in [4.69, 9.17) is 4.74 Å². The van der Waals surface area contributed by atoms with Crippen LogP contribution in [0.3, 0.4) is 0 Å². The van der Waals surface area contributed by atoms with Crippen LogP contribution in [0.4, 0.5) is 0 Å². The van der Waals surface area contributed by atoms with Gasteiger partial charge in [0.05, 0.1) is 11.5 Å². The molecule has 8 heteroatoms. The quantitative estimate of drug-likeness (QED) is 0.534. The van der Waals surface area contributed by atoms with Gasteiger partial charge >= 0.3 is 0 Å². The number of likely N-dealkylation sites (tertiary alicyclic amines) is 1. The zero-order chi connectivity index (χ0) is 22.7. The minimum Gasteiger partial charge on any atom is -0.383 e. The highest BCUT2D eigenvalue weighted by Crippen LogP contribution is 2.33. The van der Waals surface area contributed by atoms with Crippen LogP contribution in [-0.2, 0) is 14.8 Å². The maximum atomic E-state index is 13.3. The summed E-state index contributed by atoms with van der Waals surface area (Å²) in [6.07, 6.45) is 3.84. The predicted molar refractivity (Wildman–Crippen MR) is 124 cm³/mol. The maximum absolute atomic E-state index is 13.3. The molecule has 0 radical (unpaired) electrons. The van der Waals surface area contributed by atoms with Gasteiger partial charge in [0.2, 0.25) is 10.0 Å². The lowest BCUT2D eigenvalue weighted by Gasteiger charge is -2.32. The zero-order valence-corrected chi connectivity index (χ0v) is 19.2. The molecule has 3 aromatic rings. The van der Waals surface area contributed by atoms with Crippen molar-refractivity contribution in [2.24, 2.45) is 0 Å². The van der Waals surface area contributed by atoms with Crippen molar-refractivity contribution < 1.29 is 17.9 Å². The lowest BCUT2D eigenvalue weighted by atomic mass is 9.89. The number of rotatable bonds is 7. The summed E-state index contributed by atoms with van der Waals surface area (Å²) in [6.45, 7) is 3.58. The Morgan fingerprint density at radius 3 is 2.69 bits per heavy atom. The van der Waals surface area contributed by atoms with Gasteiger partial charge in [0.25, 0.3) is 5.91 Å². The fourth-order valence-corrected chi connectivity index (χ4v) is 5.39. The van der Waals surface area contributed by atoms with E-state index in [2.05, 4.69) is 28.0 Å². The van der Waals surface area contributed by atoms with E-state index in [1.54, 1.807) is 6.07 Å². The van der Waals surface area contributed by atoms with Gasteiger partial charge in [0, 0.05) is 49.4 Å². The molecule has 170 valence electrons. The Morgan fingerprint density at radius 2 is 1.94 bits per heavy atom. The van der Waals surface area contributed by atoms with Crippen LogP contribution in [0.15, 0.2) is 53.6 Å². The number of aromatic nitrogens is 1. The predicted octanol–water partition coefficient (Wildman–Crippen LogP) is 3.42. The standard InChI is InChI=1S/C24H29N3O4S/c1-17-7-8-19(32(29,30)26-11-14-31-2)15-21(17)24(28)27-12-9-18(10-13-27)22-16-25-23-6-4-3-5-20(22)23/h3-8,15-16,18,25-26H,9-14H2,1-2H3. The average molecular weight is 456 g/mol. The number of para-hydroxylation sites is 1. The number of aromatic amines is 1. The molecule has 0 saturated carbocycles. The van der Waals surface area contributed by atoms with Crippen molar-refractivity contribution in [2.45, 2.75) is 30.6 Å². The number of nitrogens with zero attached hydrogens (tertiary/aromatic N) is 1. The Labute approximate surface area is 188 Å². The van der Waals surface area contributed by atoms with Gasteiger partial charge in [-0.15, -0.1) is 0 Å². The van der Waals surface area contributed by atoms with Crippen LogP contribution >= 0.6 is 0 Å². The van der Waals surface area contributed by atoms with Gasteiger partial charge in [0.15, 0.2) is 0 Å². The second kappa shape index (κ2) is 9.44. The minimum absolute atomic E-state index is 0.0937. The first-order chi connectivity index (χ1) is 15.4. The summed E-state index contributed by atoms with van der Waals surface area (Å²) in [5, 5.41) is 1.24. The van der Waals surface area contributed by atoms with E-state index in [1.165, 1.54) is 30.2 Å². The SMILES string of the molecule is COCCNS(=O)(=O)c1ccc(C)c(C(=O)N2CCC(c3c[nH]c4ccccc34)CC2)c1. The molecule has 1 aromatic heterocycles. The fourth-order valence-electron chi connectivity index (χ4n) is 4.36. The van der Waals surface area contributed by atoms with E-state index < -0.39 is 10.0 Å². The van der Waals surface area contributed by atoms with Crippen LogP contribution in [0.1, 0.15) is 40.2 Å². The number of ether oxygens (including phenoxy) is 1. The molecule has 1 fully saturated rings. The Morgan fingerprint density at radius 1 is 1.19 bits per heavy atom. The summed E-state index contributed by atoms with van der Waals surface area (Å²) in [5.41, 5.74) is 3.64. The third-order valence-corrected chi connectivity index (χ3v) is 7.65. The molecule has 32 heavy (non-hydrogen) atoms. The molecule has 1 saturated heterocycles. The first-order valence-electron chi connectivity index (χ1n) is 10.9. The zero-order valence-electron chi connectivity index (χ0n) is 18.4. The van der Waals surface area contributed by atoms with Crippen molar-refractivity contribution in [3.8, 4) is 0 Å². The number of benzene rings is 2. The van der Waals surface area contributed by atoms with Crippen molar-refractivity contribution in [3.63, 3.8) is 0 Å². The van der Waals surface area contributed by atoms with Gasteiger partial charge in [-0.05, 0) is 55.0 Å². The van der Waals surface area contributed by atoms with Crippen LogP contribution in [0, 0.1) is 6.92 Å². The molecule has 4 rings (SSSR count). The number of hydrogen-bond donors (Lipinski definition) is 2. The summed E-state index contributed by atoms with van der Waals surface area (Å²) in [4.78, 5) is 18.5. The Kier molecular flexibility index (Phi) is 6.64. The molecule has 2 heterocycles. The topological polar surface area (TPSA) is 91.5 Å². The second-order valence-corrected chi connectivity index (χ2v) is 9.99. The number of carbonyl (C=O) groups is 1. The highest BCUT2D eigenvalue weighted by atomic mass is 32.2. The van der Waals surface area contributed by atoms with E-state index in [-0.39, 0.29) is 24.0 Å². The molecule has 1 aliphatic rings. The van der Waals surface area contributed by atoms with Gasteiger partial charge in [-0.2, -0.15) is 0 Å². The van der Waals surface area contributed by atoms with Crippen LogP contribution < -0.4 is 4.72 Å². The number of carbonyl (C=O) groups excluding carboxylic acids is 1. The summed E-state index contributed by atoms with van der Waals surface area (Å²) in [6, 6.07) is 13.0. The van der Waals surface area contributed by atoms with Crippen molar-refractivity contribution >= 4 is 26.8 Å². The third kappa shape index (κ3) is 4.57. The number of aryl methyl sites for hydroxylation is 1. The monoisotopic (exact) mass is 455 g/mol. The third-order valence-electron chi connectivity index (χ3n) is 6.19. The van der Waals surface area contributed by atoms with Gasteiger partial charge in [-0.3, -0.25) is 4.79 Å². The molecule has 0 bridgehead atoms. The van der Waals surface area contributed by atoms with Crippen LogP contribution in [-0.4, -0.2) is 57.6 Å². The second-order valence-electron chi connectivity index (χ2n) is 8.22. The first-order valence-corrected chi connectivity index (χ1v) is 12.3. The van der Waals surface area contributed by atoms with Crippen molar-refractivity contribution in [2.75, 3.05) is 33.4 Å². The first kappa shape index (κ1) is 22.5. The molecule has 2 aromatic carbocycles. The summed E-state index contributed by atoms with van der Waals surface area (Å²) in [7, 11) is -2.19. The molecule has 7 nitrogen and oxygen atoms in total. The number of hydrogen-bond acceptors (Lipinski definition) is 4. The minimum atomic E-state index is -3.70. The van der Waals surface area contributed by atoms with Gasteiger partial charge in [0.1, 0.15) is 0 Å². The van der Waals surface area contributed by atoms with E-state index in [1.807, 2.05) is 24.0 Å². The van der Waals surface area contributed by atoms with E-state index in [0.717, 1.165) is 23.9 Å². The molecule has 0 atom stereocenters. The molecule has 1 aliphatic heterocycles. The summed E-state index contributed by atoms with van der Waals surface area (Å²) < 4.78 is 32.5. The normalized spacial score (nSPS) is 15.4. The highest BCUT2D eigenvalue weighted by molar-refractivity contribution is 7.89. The summed E-state index contributed by atoms with van der Waals surface area (Å²) in [5.74, 6) is 0.279. The largest absolute Gasteiger partial charge is 0.383 e. The van der Waals surface area contributed by atoms with Gasteiger partial charge in [-0.25, -0.2) is 13.1 Å². The number of piperidine rings is 1. The van der Waals surface area contributed by atoms with Crippen molar-refractivity contribution in [1.82, 2.24) is 14.6 Å². The van der Waals surface area contributed by atoms with E-state index in [0.29, 0.717) is 24.6 Å². The van der Waals surface area contributed by atoms with Crippen LogP contribution in [0.5, 0.6) is 0 Å². The molecule has 0 unspecified atom stereocenters. The number of methoxy groups -OCH3 is 1. The fraction of sp³-hybridized carbons (Fsp3) is 0.375. The molecule has 2 N–H and O–H groups in total. The highest BCUT2D eigenvalue weighted by Gasteiger charge is 2.27. The Balaban J connectivity index is 1.47. The van der Waals surface area contributed by atoms with Crippen molar-refractivity contribution in [3.05, 3.63) is 65.4 Å². The lowest BCUT2D eigenvalue weighted by molar-refractivity contribution is 0.0712. The molecular weight excluding hydrogens is 426 g/mol. The number of sulfonamides is 1. The van der Waals surface area contributed by atoms with E-state index >= 15 is 0 Å². The lowest BCUT2D eigenvalue weighted by Crippen LogP contribution is -2.38.